The Morgan fingerprint density at radius 3 is 1.45 bits per heavy atom. The van der Waals surface area contributed by atoms with Crippen molar-refractivity contribution in [1.29, 1.82) is 0 Å². The number of aromatic hydroxyl groups is 1. The summed E-state index contributed by atoms with van der Waals surface area (Å²) in [4.78, 5) is 26.2. The van der Waals surface area contributed by atoms with Gasteiger partial charge >= 0.3 is 63.6 Å². The fourth-order valence-corrected chi connectivity index (χ4v) is 14.6. The quantitative estimate of drug-likeness (QED) is 0.0229. The Hall–Kier alpha value is -4.69. The van der Waals surface area contributed by atoms with Gasteiger partial charge in [-0.3, -0.25) is 4.18 Å². The van der Waals surface area contributed by atoms with E-state index in [1.165, 1.54) is 57.1 Å². The first kappa shape index (κ1) is 72.1. The van der Waals surface area contributed by atoms with Crippen LogP contribution in [0.2, 0.25) is 0 Å². The molecule has 0 unspecified atom stereocenters. The second-order valence-electron chi connectivity index (χ2n) is 23.2. The maximum Gasteiger partial charge on any atom is 1.00 e. The van der Waals surface area contributed by atoms with Gasteiger partial charge in [0, 0.05) is 44.7 Å². The van der Waals surface area contributed by atoms with Crippen molar-refractivity contribution in [1.82, 2.24) is 19.2 Å². The SMILES string of the molecule is CC(C)CN(C[C@@H](O)[C@H](Cc1ccc(O)cc1)NC(=O)O[C@H]1CO[C@H]2OCC[C@H]21)S(=O)(=O)c1ccc2c(c1)OCO2.CC(C)CN(C[C@@H](O)[C@H](Cc1ccc(OCCCOS(=O)(=O)[O-])cc1)NC(=O)O[C@H]1CO[C@H]2OCC[C@H]21)S(=O)(=O)c1ccc2c(c1)OCO2.[K+]. The minimum atomic E-state index is -4.77. The first-order chi connectivity index (χ1) is 42.9. The molecule has 6 aliphatic rings. The topological polar surface area (TPSA) is 362 Å². The van der Waals surface area contributed by atoms with Gasteiger partial charge < -0.3 is 82.6 Å². The van der Waals surface area contributed by atoms with Crippen LogP contribution in [0.4, 0.5) is 9.59 Å². The fourth-order valence-electron chi connectivity index (χ4n) is 11.0. The van der Waals surface area contributed by atoms with E-state index in [4.69, 9.17) is 52.1 Å². The number of nitrogens with one attached hydrogen (secondary N) is 2. The Balaban J connectivity index is 0.000000235. The minimum Gasteiger partial charge on any atom is -0.726 e. The van der Waals surface area contributed by atoms with Crippen molar-refractivity contribution < 1.29 is 162 Å². The zero-order valence-corrected chi connectivity index (χ0v) is 56.6. The number of hydrogen-bond donors (Lipinski definition) is 5. The molecule has 0 bridgehead atoms. The molecule has 0 aliphatic carbocycles. The average Bonchev–Trinajstić information content (AvgIpc) is 1.79. The second kappa shape index (κ2) is 32.6. The number of sulfonamides is 2. The predicted octanol–water partition coefficient (Wildman–Crippen LogP) is 0.999. The van der Waals surface area contributed by atoms with Gasteiger partial charge in [-0.1, -0.05) is 52.0 Å². The number of phenols is 1. The summed E-state index contributed by atoms with van der Waals surface area (Å²) in [6.07, 6.45) is -4.26. The molecule has 32 heteroatoms. The Kier molecular flexibility index (Phi) is 25.9. The molecular weight excluding hydrogens is 1280 g/mol. The van der Waals surface area contributed by atoms with Crippen molar-refractivity contribution in [3.63, 3.8) is 0 Å². The number of aliphatic hydroxyl groups excluding tert-OH is 2. The molecular formula is C59H77KN4O24S3. The molecule has 10 atom stereocenters. The molecule has 4 aromatic carbocycles. The monoisotopic (exact) mass is 1360 g/mol. The number of rotatable bonds is 28. The summed E-state index contributed by atoms with van der Waals surface area (Å²) in [5, 5.41) is 38.2. The summed E-state index contributed by atoms with van der Waals surface area (Å²) < 4.78 is 154. The van der Waals surface area contributed by atoms with E-state index in [-0.39, 0.29) is 176 Å². The molecule has 2 amide bonds. The van der Waals surface area contributed by atoms with E-state index in [9.17, 15) is 54.7 Å². The third-order valence-electron chi connectivity index (χ3n) is 15.5. The van der Waals surface area contributed by atoms with Crippen LogP contribution in [0.5, 0.6) is 34.5 Å². The van der Waals surface area contributed by atoms with Gasteiger partial charge in [-0.05, 0) is 97.2 Å². The Bertz CT molecular complexity index is 3410. The van der Waals surface area contributed by atoms with Gasteiger partial charge in [-0.25, -0.2) is 34.8 Å². The summed E-state index contributed by atoms with van der Waals surface area (Å²) in [5.74, 6) is 1.73. The molecule has 6 heterocycles. The molecule has 28 nitrogen and oxygen atoms in total. The fraction of sp³-hybridized carbons (Fsp3) is 0.559. The van der Waals surface area contributed by atoms with Crippen LogP contribution in [0.25, 0.3) is 0 Å². The van der Waals surface area contributed by atoms with E-state index in [1.54, 1.807) is 36.4 Å². The summed E-state index contributed by atoms with van der Waals surface area (Å²) in [6, 6.07) is 19.9. The normalized spacial score (nSPS) is 21.9. The van der Waals surface area contributed by atoms with Gasteiger partial charge in [0.25, 0.3) is 0 Å². The van der Waals surface area contributed by atoms with Crippen molar-refractivity contribution in [2.75, 3.05) is 79.4 Å². The van der Waals surface area contributed by atoms with E-state index >= 15 is 0 Å². The van der Waals surface area contributed by atoms with E-state index in [2.05, 4.69) is 14.8 Å². The first-order valence-electron chi connectivity index (χ1n) is 29.5. The van der Waals surface area contributed by atoms with Crippen LogP contribution in [0.3, 0.4) is 0 Å². The maximum atomic E-state index is 13.9. The number of phenolic OH excluding ortho intramolecular Hbond substituents is 1. The van der Waals surface area contributed by atoms with Gasteiger partial charge in [0.1, 0.15) is 23.7 Å². The van der Waals surface area contributed by atoms with Crippen molar-refractivity contribution in [2.24, 2.45) is 23.7 Å². The Morgan fingerprint density at radius 2 is 1.02 bits per heavy atom. The van der Waals surface area contributed by atoms with Crippen LogP contribution in [0, 0.1) is 23.7 Å². The predicted molar refractivity (Wildman–Crippen MR) is 314 cm³/mol. The van der Waals surface area contributed by atoms with Crippen molar-refractivity contribution in [3.8, 4) is 34.5 Å². The number of carbonyl (C=O) groups is 2. The van der Waals surface area contributed by atoms with E-state index < -0.39 is 91.7 Å². The van der Waals surface area contributed by atoms with Gasteiger partial charge in [0.2, 0.25) is 44.0 Å². The molecule has 5 N–H and O–H groups in total. The van der Waals surface area contributed by atoms with Gasteiger partial charge in [-0.2, -0.15) is 8.61 Å². The molecule has 91 heavy (non-hydrogen) atoms. The second-order valence-corrected chi connectivity index (χ2v) is 28.1. The van der Waals surface area contributed by atoms with Crippen LogP contribution in [-0.2, 0) is 75.9 Å². The number of amides is 2. The molecule has 0 spiro atoms. The molecule has 0 aromatic heterocycles. The summed E-state index contributed by atoms with van der Waals surface area (Å²) in [5.41, 5.74) is 1.40. The number of benzene rings is 4. The van der Waals surface area contributed by atoms with E-state index in [1.807, 2.05) is 27.7 Å². The van der Waals surface area contributed by atoms with Gasteiger partial charge in [-0.15, -0.1) is 0 Å². The molecule has 496 valence electrons. The Morgan fingerprint density at radius 1 is 0.593 bits per heavy atom. The van der Waals surface area contributed by atoms with Crippen LogP contribution >= 0.6 is 0 Å². The summed E-state index contributed by atoms with van der Waals surface area (Å²) in [7, 11) is -12.9. The third kappa shape index (κ3) is 19.9. The number of ether oxygens (including phenoxy) is 11. The largest absolute Gasteiger partial charge is 1.00 e. The molecule has 4 aromatic rings. The van der Waals surface area contributed by atoms with Crippen LogP contribution in [0.1, 0.15) is 58.1 Å². The van der Waals surface area contributed by atoms with E-state index in [0.29, 0.717) is 60.4 Å². The summed E-state index contributed by atoms with van der Waals surface area (Å²) in [6.45, 7) is 8.23. The zero-order valence-electron chi connectivity index (χ0n) is 51.1. The molecule has 0 saturated carbocycles. The molecule has 4 fully saturated rings. The number of aliphatic hydroxyl groups is 2. The first-order valence-corrected chi connectivity index (χ1v) is 33.8. The smallest absolute Gasteiger partial charge is 0.726 e. The number of hydrogen-bond acceptors (Lipinski definition) is 24. The zero-order chi connectivity index (χ0) is 64.3. The van der Waals surface area contributed by atoms with Crippen LogP contribution in [0.15, 0.2) is 94.7 Å². The maximum absolute atomic E-state index is 13.9. The molecule has 0 radical (unpaired) electrons. The van der Waals surface area contributed by atoms with Crippen molar-refractivity contribution >= 4 is 42.6 Å². The number of nitrogens with zero attached hydrogens (tertiary/aromatic N) is 2. The van der Waals surface area contributed by atoms with Crippen LogP contribution in [-0.4, -0.2) is 194 Å². The third-order valence-corrected chi connectivity index (χ3v) is 19.6. The molecule has 10 rings (SSSR count). The molecule has 4 saturated heterocycles. The van der Waals surface area contributed by atoms with Crippen molar-refractivity contribution in [3.05, 3.63) is 96.1 Å². The van der Waals surface area contributed by atoms with Gasteiger partial charge in [0.05, 0.1) is 85.6 Å². The minimum absolute atomic E-state index is 0. The number of alkyl carbamates (subject to hydrolysis) is 2. The van der Waals surface area contributed by atoms with E-state index in [0.717, 1.165) is 5.56 Å². The van der Waals surface area contributed by atoms with Crippen LogP contribution < -0.4 is 85.7 Å². The average molecular weight is 1360 g/mol. The van der Waals surface area contributed by atoms with Gasteiger partial charge in [0.15, 0.2) is 35.6 Å². The standard InChI is InChI=1S/C31H42N2O14S2.C28H36N2O10S.K/c1-20(2)16-33(48(36,37)23-8-9-27-28(15-23)45-19-44-27)17-26(34)25(32-31(35)47-29-18-43-30-24(29)10-13-42-30)14-21-4-6-22(7-5-21)41-11-3-12-46-49(38,39)40;1-17(2)13-30(41(34,35)20-7-8-24-25(12-20)39-16-38-24)14-23(32)22(11-18-3-5-19(31)6-4-18)29-28(33)40-26-15-37-27-21(26)9-10-36-27;/h4-9,15,20,24-26,29-30,34H,3,10-14,16-19H2,1-2H3,(H,32,35)(H,38,39,40);3-8,12,17,21-23,26-27,31-32H,9-11,13-16H2,1-2H3,(H,29,33);/q;;+1/p-1/t24-,25-,26+,29-,30+;21-,22-,23+,26-,27+;/m00./s1. The molecule has 6 aliphatic heterocycles. The Labute approximate surface area is 571 Å². The van der Waals surface area contributed by atoms with Crippen molar-refractivity contribution in [2.45, 2.75) is 119 Å². The number of fused-ring (bicyclic) bond motifs is 4. The summed E-state index contributed by atoms with van der Waals surface area (Å²) >= 11 is 0. The number of carbonyl (C=O) groups excluding carboxylic acids is 2.